The first-order chi connectivity index (χ1) is 22.0. The van der Waals surface area contributed by atoms with Crippen LogP contribution in [0.15, 0.2) is 72.0 Å². The SMILES string of the molecule is C.CN1CCCC1CCNC(=O)c1cn2c3c(c(N4CCC(c5cnccn5)C4)c(F)cc3c1=O)Oc1cc3ccccc3cc1-2. The van der Waals surface area contributed by atoms with Crippen LogP contribution in [-0.4, -0.2) is 64.6 Å². The number of nitrogens with zero attached hydrogens (tertiary/aromatic N) is 5. The summed E-state index contributed by atoms with van der Waals surface area (Å²) in [6.45, 7) is 2.63. The summed E-state index contributed by atoms with van der Waals surface area (Å²) in [5, 5.41) is 5.01. The van der Waals surface area contributed by atoms with Gasteiger partial charge in [0.15, 0.2) is 17.3 Å². The number of anilines is 1. The number of halogens is 1. The summed E-state index contributed by atoms with van der Waals surface area (Å²) in [6.07, 6.45) is 10.5. The van der Waals surface area contributed by atoms with Crippen LogP contribution >= 0.6 is 0 Å². The Morgan fingerprint density at radius 1 is 1.11 bits per heavy atom. The standard InChI is InChI=1S/C35H33FN6O3.CH4/c1-40-13-4-7-24(40)8-10-39-35(44)26-20-42-29-15-21-5-2-3-6-22(21)16-30(29)45-34-31(42)25(33(26)43)17-27(36)32(34)41-14-9-23(19-41)28-18-37-11-12-38-28;/h2-3,5-6,11-12,15-18,20,23-24H,4,7-10,13-14,19H2,1H3,(H,39,44);1H4. The second-order valence-corrected chi connectivity index (χ2v) is 12.3. The summed E-state index contributed by atoms with van der Waals surface area (Å²) in [6, 6.07) is 13.5. The van der Waals surface area contributed by atoms with Crippen LogP contribution in [0.5, 0.6) is 11.5 Å². The first-order valence-corrected chi connectivity index (χ1v) is 15.6. The number of hydrogen-bond acceptors (Lipinski definition) is 7. The molecule has 236 valence electrons. The van der Waals surface area contributed by atoms with Crippen molar-refractivity contribution >= 4 is 33.3 Å². The number of benzene rings is 3. The first-order valence-electron chi connectivity index (χ1n) is 15.6. The van der Waals surface area contributed by atoms with Crippen molar-refractivity contribution in [2.45, 2.75) is 45.1 Å². The second-order valence-electron chi connectivity index (χ2n) is 12.3. The Labute approximate surface area is 266 Å². The Morgan fingerprint density at radius 2 is 1.93 bits per heavy atom. The lowest BCUT2D eigenvalue weighted by molar-refractivity contribution is 0.0949. The third-order valence-corrected chi connectivity index (χ3v) is 9.65. The smallest absolute Gasteiger partial charge is 0.256 e. The summed E-state index contributed by atoms with van der Waals surface area (Å²) < 4.78 is 24.6. The quantitative estimate of drug-likeness (QED) is 0.243. The number of aromatic nitrogens is 3. The summed E-state index contributed by atoms with van der Waals surface area (Å²) in [5.41, 5.74) is 1.76. The predicted molar refractivity (Wildman–Crippen MR) is 178 cm³/mol. The van der Waals surface area contributed by atoms with E-state index in [2.05, 4.69) is 27.2 Å². The van der Waals surface area contributed by atoms with Gasteiger partial charge in [0.2, 0.25) is 5.43 Å². The van der Waals surface area contributed by atoms with Crippen LogP contribution in [0.3, 0.4) is 0 Å². The minimum atomic E-state index is -0.563. The molecule has 1 amide bonds. The summed E-state index contributed by atoms with van der Waals surface area (Å²) in [4.78, 5) is 40.4. The normalized spacial score (nSPS) is 18.8. The average molecular weight is 621 g/mol. The lowest BCUT2D eigenvalue weighted by Gasteiger charge is -2.29. The monoisotopic (exact) mass is 620 g/mol. The lowest BCUT2D eigenvalue weighted by atomic mass is 10.0. The zero-order chi connectivity index (χ0) is 30.7. The molecule has 2 unspecified atom stereocenters. The van der Waals surface area contributed by atoms with Gasteiger partial charge in [-0.25, -0.2) is 4.39 Å². The van der Waals surface area contributed by atoms with E-state index in [1.54, 1.807) is 24.8 Å². The second kappa shape index (κ2) is 11.8. The molecule has 3 aromatic carbocycles. The highest BCUT2D eigenvalue weighted by Gasteiger charge is 2.34. The van der Waals surface area contributed by atoms with Gasteiger partial charge in [0.25, 0.3) is 5.91 Å². The summed E-state index contributed by atoms with van der Waals surface area (Å²) >= 11 is 0. The number of rotatable bonds is 6. The highest BCUT2D eigenvalue weighted by molar-refractivity contribution is 6.02. The van der Waals surface area contributed by atoms with Gasteiger partial charge in [-0.05, 0) is 68.2 Å². The molecule has 0 spiro atoms. The number of hydrogen-bond donors (Lipinski definition) is 1. The van der Waals surface area contributed by atoms with Gasteiger partial charge in [-0.1, -0.05) is 31.7 Å². The van der Waals surface area contributed by atoms with Gasteiger partial charge in [0.1, 0.15) is 16.8 Å². The van der Waals surface area contributed by atoms with Crippen molar-refractivity contribution in [3.8, 4) is 17.2 Å². The Hall–Kier alpha value is -4.83. The van der Waals surface area contributed by atoms with E-state index >= 15 is 4.39 Å². The third kappa shape index (κ3) is 4.97. The lowest BCUT2D eigenvalue weighted by Crippen LogP contribution is -2.34. The van der Waals surface area contributed by atoms with Gasteiger partial charge in [-0.15, -0.1) is 0 Å². The molecule has 2 atom stereocenters. The number of likely N-dealkylation sites (tertiary alicyclic amines) is 1. The maximum atomic E-state index is 16.3. The van der Waals surface area contributed by atoms with Crippen LogP contribution in [0.2, 0.25) is 0 Å². The van der Waals surface area contributed by atoms with Gasteiger partial charge >= 0.3 is 0 Å². The minimum absolute atomic E-state index is 0. The highest BCUT2D eigenvalue weighted by atomic mass is 19.1. The van der Waals surface area contributed by atoms with E-state index in [0.29, 0.717) is 48.3 Å². The molecule has 2 aromatic heterocycles. The molecule has 10 heteroatoms. The van der Waals surface area contributed by atoms with Gasteiger partial charge < -0.3 is 24.4 Å². The number of ether oxygens (including phenoxy) is 1. The maximum absolute atomic E-state index is 16.3. The Bertz CT molecular complexity index is 2030. The Kier molecular flexibility index (Phi) is 7.68. The molecule has 0 saturated carbocycles. The molecule has 2 saturated heterocycles. The van der Waals surface area contributed by atoms with E-state index < -0.39 is 17.2 Å². The van der Waals surface area contributed by atoms with Crippen LogP contribution in [-0.2, 0) is 0 Å². The van der Waals surface area contributed by atoms with Crippen LogP contribution < -0.4 is 20.4 Å². The van der Waals surface area contributed by atoms with Crippen molar-refractivity contribution in [3.05, 3.63) is 94.5 Å². The molecule has 46 heavy (non-hydrogen) atoms. The van der Waals surface area contributed by atoms with Crippen molar-refractivity contribution in [2.24, 2.45) is 0 Å². The fourth-order valence-corrected chi connectivity index (χ4v) is 7.26. The number of amides is 1. The highest BCUT2D eigenvalue weighted by Crippen LogP contribution is 2.48. The van der Waals surface area contributed by atoms with E-state index in [-0.39, 0.29) is 30.0 Å². The van der Waals surface area contributed by atoms with Gasteiger partial charge in [-0.3, -0.25) is 19.6 Å². The van der Waals surface area contributed by atoms with Crippen molar-refractivity contribution < 1.29 is 13.9 Å². The Balaban J connectivity index is 0.00000338. The molecule has 0 bridgehead atoms. The fraction of sp³-hybridized carbons (Fsp3) is 0.333. The molecule has 0 radical (unpaired) electrons. The molecule has 9 nitrogen and oxygen atoms in total. The van der Waals surface area contributed by atoms with Gasteiger partial charge in [-0.2, -0.15) is 0 Å². The van der Waals surface area contributed by atoms with Crippen molar-refractivity contribution in [2.75, 3.05) is 38.1 Å². The van der Waals surface area contributed by atoms with E-state index in [0.717, 1.165) is 48.7 Å². The van der Waals surface area contributed by atoms with Crippen LogP contribution in [0.25, 0.3) is 27.4 Å². The molecule has 2 fully saturated rings. The zero-order valence-corrected chi connectivity index (χ0v) is 25.0. The topological polar surface area (TPSA) is 92.6 Å². The fourth-order valence-electron chi connectivity index (χ4n) is 7.26. The number of pyridine rings is 1. The number of fused-ring (bicyclic) bond motifs is 3. The van der Waals surface area contributed by atoms with E-state index in [9.17, 15) is 9.59 Å². The van der Waals surface area contributed by atoms with Gasteiger partial charge in [0.05, 0.1) is 16.8 Å². The largest absolute Gasteiger partial charge is 0.451 e. The average Bonchev–Trinajstić information content (AvgIpc) is 3.71. The van der Waals surface area contributed by atoms with E-state index in [1.165, 1.54) is 6.07 Å². The molecule has 5 heterocycles. The van der Waals surface area contributed by atoms with Crippen LogP contribution in [0.1, 0.15) is 55.1 Å². The van der Waals surface area contributed by atoms with Crippen LogP contribution in [0.4, 0.5) is 10.1 Å². The molecule has 1 N–H and O–H groups in total. The molecular formula is C36H37FN6O3. The number of carbonyl (C=O) groups excluding carboxylic acids is 1. The number of nitrogens with one attached hydrogen (secondary N) is 1. The van der Waals surface area contributed by atoms with Crippen LogP contribution in [0, 0.1) is 5.82 Å². The zero-order valence-electron chi connectivity index (χ0n) is 25.0. The van der Waals surface area contributed by atoms with E-state index in [1.807, 2.05) is 45.9 Å². The first kappa shape index (κ1) is 29.9. The van der Waals surface area contributed by atoms with Gasteiger partial charge in [0, 0.05) is 56.4 Å². The molecule has 3 aliphatic rings. The van der Waals surface area contributed by atoms with Crippen molar-refractivity contribution in [1.82, 2.24) is 24.8 Å². The summed E-state index contributed by atoms with van der Waals surface area (Å²) in [7, 11) is 2.10. The molecular weight excluding hydrogens is 583 g/mol. The maximum Gasteiger partial charge on any atom is 0.256 e. The molecule has 5 aromatic rings. The molecule has 3 aliphatic heterocycles. The number of carbonyl (C=O) groups is 1. The van der Waals surface area contributed by atoms with Crippen molar-refractivity contribution in [1.29, 1.82) is 0 Å². The Morgan fingerprint density at radius 3 is 2.70 bits per heavy atom. The minimum Gasteiger partial charge on any atom is -0.451 e. The molecule has 0 aliphatic carbocycles. The van der Waals surface area contributed by atoms with Crippen molar-refractivity contribution in [3.63, 3.8) is 0 Å². The van der Waals surface area contributed by atoms with E-state index in [4.69, 9.17) is 4.74 Å². The predicted octanol–water partition coefficient (Wildman–Crippen LogP) is 6.02. The summed E-state index contributed by atoms with van der Waals surface area (Å²) in [5.74, 6) is -0.137. The molecule has 8 rings (SSSR count). The third-order valence-electron chi connectivity index (χ3n) is 9.65.